The molecule has 29 heavy (non-hydrogen) atoms. The third-order valence-electron chi connectivity index (χ3n) is 5.26. The Balaban J connectivity index is 1.37. The summed E-state index contributed by atoms with van der Waals surface area (Å²) in [5.74, 6) is 1.61. The number of ether oxygens (including phenoxy) is 2. The lowest BCUT2D eigenvalue weighted by Crippen LogP contribution is -2.43. The topological polar surface area (TPSA) is 103 Å². The van der Waals surface area contributed by atoms with Gasteiger partial charge in [0.25, 0.3) is 0 Å². The van der Waals surface area contributed by atoms with Crippen molar-refractivity contribution in [2.24, 2.45) is 0 Å². The van der Waals surface area contributed by atoms with Crippen LogP contribution >= 0.6 is 0 Å². The lowest BCUT2D eigenvalue weighted by Gasteiger charge is -2.36. The number of hydrogen-bond donors (Lipinski definition) is 0. The molecule has 0 radical (unpaired) electrons. The highest BCUT2D eigenvalue weighted by molar-refractivity contribution is 5.74. The smallest absolute Gasteiger partial charge is 0.245 e. The van der Waals surface area contributed by atoms with Crippen LogP contribution in [0.3, 0.4) is 0 Å². The first-order valence-corrected chi connectivity index (χ1v) is 9.96. The summed E-state index contributed by atoms with van der Waals surface area (Å²) in [5, 5.41) is 7.76. The molecule has 0 bridgehead atoms. The summed E-state index contributed by atoms with van der Waals surface area (Å²) in [7, 11) is 0. The number of hydrogen-bond acceptors (Lipinski definition) is 10. The van der Waals surface area contributed by atoms with Gasteiger partial charge in [0, 0.05) is 32.4 Å². The van der Waals surface area contributed by atoms with Crippen LogP contribution in [-0.2, 0) is 16.1 Å². The van der Waals surface area contributed by atoms with Gasteiger partial charge in [-0.3, -0.25) is 4.98 Å². The molecule has 1 atom stereocenters. The first-order valence-electron chi connectivity index (χ1n) is 9.96. The summed E-state index contributed by atoms with van der Waals surface area (Å²) < 4.78 is 16.5. The van der Waals surface area contributed by atoms with Crippen LogP contribution in [0.4, 0.5) is 11.6 Å². The highest BCUT2D eigenvalue weighted by Crippen LogP contribution is 2.30. The highest BCUT2D eigenvalue weighted by Gasteiger charge is 2.28. The van der Waals surface area contributed by atoms with Gasteiger partial charge in [0.15, 0.2) is 11.6 Å². The van der Waals surface area contributed by atoms with E-state index in [1.807, 2.05) is 18.2 Å². The summed E-state index contributed by atoms with van der Waals surface area (Å²) in [4.78, 5) is 18.2. The summed E-state index contributed by atoms with van der Waals surface area (Å²) in [5.41, 5.74) is 1.79. The molecule has 2 saturated heterocycles. The van der Waals surface area contributed by atoms with Gasteiger partial charge >= 0.3 is 0 Å². The van der Waals surface area contributed by atoms with Crippen molar-refractivity contribution in [3.05, 3.63) is 30.1 Å². The number of aromatic nitrogens is 5. The van der Waals surface area contributed by atoms with Crippen LogP contribution in [0.15, 0.2) is 29.0 Å². The fourth-order valence-corrected chi connectivity index (χ4v) is 3.77. The quantitative estimate of drug-likeness (QED) is 0.628. The predicted molar refractivity (Wildman–Crippen MR) is 105 cm³/mol. The highest BCUT2D eigenvalue weighted by atomic mass is 16.6. The molecule has 0 aliphatic carbocycles. The zero-order valence-electron chi connectivity index (χ0n) is 16.1. The number of pyridine rings is 1. The van der Waals surface area contributed by atoms with Crippen molar-refractivity contribution in [2.45, 2.75) is 25.6 Å². The van der Waals surface area contributed by atoms with Crippen LogP contribution in [0, 0.1) is 0 Å². The Morgan fingerprint density at radius 1 is 1.00 bits per heavy atom. The van der Waals surface area contributed by atoms with E-state index in [1.165, 1.54) is 0 Å². The number of anilines is 2. The SMILES string of the molecule is c1ccc(COC2CCCN(c3nc4nonc4nc3N3CCOCC3)C2)nc1. The van der Waals surface area contributed by atoms with Gasteiger partial charge in [-0.05, 0) is 35.3 Å². The molecule has 10 heteroatoms. The van der Waals surface area contributed by atoms with E-state index in [0.717, 1.165) is 56.4 Å². The zero-order valence-corrected chi connectivity index (χ0v) is 16.1. The zero-order chi connectivity index (χ0) is 19.5. The Hall–Kier alpha value is -2.85. The van der Waals surface area contributed by atoms with E-state index >= 15 is 0 Å². The fraction of sp³-hybridized carbons (Fsp3) is 0.526. The fourth-order valence-electron chi connectivity index (χ4n) is 3.77. The van der Waals surface area contributed by atoms with Gasteiger partial charge in [-0.2, -0.15) is 0 Å². The molecule has 3 aromatic heterocycles. The first kappa shape index (κ1) is 18.2. The molecule has 0 N–H and O–H groups in total. The molecule has 5 heterocycles. The summed E-state index contributed by atoms with van der Waals surface area (Å²) in [6.45, 7) is 5.03. The van der Waals surface area contributed by atoms with Gasteiger partial charge < -0.3 is 19.3 Å². The molecule has 0 spiro atoms. The standard InChI is InChI=1S/C19H23N7O3/c1-2-6-20-14(4-1)13-28-15-5-3-7-26(12-15)19-18(25-8-10-27-11-9-25)21-16-17(22-19)24-29-23-16/h1-2,4,6,15H,3,5,7-13H2. The van der Waals surface area contributed by atoms with E-state index in [4.69, 9.17) is 24.1 Å². The minimum atomic E-state index is 0.108. The van der Waals surface area contributed by atoms with E-state index in [2.05, 4.69) is 25.1 Å². The average Bonchev–Trinajstić information content (AvgIpc) is 3.26. The van der Waals surface area contributed by atoms with Gasteiger partial charge in [0.2, 0.25) is 11.3 Å². The Kier molecular flexibility index (Phi) is 5.18. The largest absolute Gasteiger partial charge is 0.378 e. The Bertz CT molecular complexity index is 945. The maximum absolute atomic E-state index is 6.15. The lowest BCUT2D eigenvalue weighted by molar-refractivity contribution is 0.0297. The van der Waals surface area contributed by atoms with E-state index in [9.17, 15) is 0 Å². The second-order valence-electron chi connectivity index (χ2n) is 7.22. The van der Waals surface area contributed by atoms with Crippen LogP contribution in [0.2, 0.25) is 0 Å². The third-order valence-corrected chi connectivity index (χ3v) is 5.26. The van der Waals surface area contributed by atoms with Crippen molar-refractivity contribution in [1.82, 2.24) is 25.3 Å². The Morgan fingerprint density at radius 3 is 2.55 bits per heavy atom. The van der Waals surface area contributed by atoms with Crippen LogP contribution in [0.5, 0.6) is 0 Å². The van der Waals surface area contributed by atoms with Crippen molar-refractivity contribution in [3.63, 3.8) is 0 Å². The number of nitrogens with zero attached hydrogens (tertiary/aromatic N) is 7. The Morgan fingerprint density at radius 2 is 1.79 bits per heavy atom. The monoisotopic (exact) mass is 397 g/mol. The van der Waals surface area contributed by atoms with E-state index in [-0.39, 0.29) is 6.10 Å². The summed E-state index contributed by atoms with van der Waals surface area (Å²) in [6.07, 6.45) is 3.93. The summed E-state index contributed by atoms with van der Waals surface area (Å²) >= 11 is 0. The molecule has 0 amide bonds. The second-order valence-corrected chi connectivity index (χ2v) is 7.22. The molecule has 10 nitrogen and oxygen atoms in total. The van der Waals surface area contributed by atoms with E-state index in [1.54, 1.807) is 6.20 Å². The summed E-state index contributed by atoms with van der Waals surface area (Å²) in [6, 6.07) is 5.87. The minimum Gasteiger partial charge on any atom is -0.378 e. The molecular formula is C19H23N7O3. The van der Waals surface area contributed by atoms with Gasteiger partial charge in [-0.25, -0.2) is 14.6 Å². The molecular weight excluding hydrogens is 374 g/mol. The van der Waals surface area contributed by atoms with Crippen molar-refractivity contribution >= 4 is 22.9 Å². The molecule has 2 aliphatic rings. The molecule has 0 saturated carbocycles. The first-order chi connectivity index (χ1) is 14.4. The van der Waals surface area contributed by atoms with Crippen molar-refractivity contribution in [2.75, 3.05) is 49.2 Å². The van der Waals surface area contributed by atoms with Gasteiger partial charge in [-0.15, -0.1) is 0 Å². The third kappa shape index (κ3) is 3.99. The lowest BCUT2D eigenvalue weighted by atomic mass is 10.1. The molecule has 3 aromatic rings. The van der Waals surface area contributed by atoms with Crippen molar-refractivity contribution < 1.29 is 14.1 Å². The predicted octanol–water partition coefficient (Wildman–Crippen LogP) is 1.43. The van der Waals surface area contributed by atoms with Gasteiger partial charge in [-0.1, -0.05) is 6.07 Å². The normalized spacial score (nSPS) is 20.3. The molecule has 5 rings (SSSR count). The van der Waals surface area contributed by atoms with Crippen LogP contribution < -0.4 is 9.80 Å². The van der Waals surface area contributed by atoms with Crippen molar-refractivity contribution in [1.29, 1.82) is 0 Å². The van der Waals surface area contributed by atoms with Crippen LogP contribution in [-0.4, -0.2) is 70.8 Å². The molecule has 1 unspecified atom stereocenters. The van der Waals surface area contributed by atoms with Gasteiger partial charge in [0.1, 0.15) is 0 Å². The average molecular weight is 397 g/mol. The number of piperidine rings is 1. The number of fused-ring (bicyclic) bond motifs is 1. The van der Waals surface area contributed by atoms with Crippen molar-refractivity contribution in [3.8, 4) is 0 Å². The molecule has 152 valence electrons. The van der Waals surface area contributed by atoms with E-state index < -0.39 is 0 Å². The molecule has 0 aromatic carbocycles. The van der Waals surface area contributed by atoms with E-state index in [0.29, 0.717) is 31.1 Å². The Labute approximate surface area is 167 Å². The number of morpholine rings is 1. The maximum Gasteiger partial charge on any atom is 0.245 e. The van der Waals surface area contributed by atoms with Crippen LogP contribution in [0.1, 0.15) is 18.5 Å². The second kappa shape index (κ2) is 8.26. The van der Waals surface area contributed by atoms with Crippen LogP contribution in [0.25, 0.3) is 11.3 Å². The number of rotatable bonds is 5. The minimum absolute atomic E-state index is 0.108. The molecule has 2 aliphatic heterocycles. The molecule has 2 fully saturated rings. The maximum atomic E-state index is 6.15. The van der Waals surface area contributed by atoms with Gasteiger partial charge in [0.05, 0.1) is 31.6 Å².